The number of ether oxygens (including phenoxy) is 1. The summed E-state index contributed by atoms with van der Waals surface area (Å²) in [5, 5.41) is 0.282. The fourth-order valence-electron chi connectivity index (χ4n) is 2.03. The summed E-state index contributed by atoms with van der Waals surface area (Å²) in [4.78, 5) is 13.6. The summed E-state index contributed by atoms with van der Waals surface area (Å²) in [6, 6.07) is 12.2. The molecule has 0 atom stereocenters. The first-order valence-corrected chi connectivity index (χ1v) is 6.99. The average molecular weight is 344 g/mol. The third kappa shape index (κ3) is 4.63. The third-order valence-electron chi connectivity index (χ3n) is 3.06. The van der Waals surface area contributed by atoms with Crippen LogP contribution in [-0.2, 0) is 6.54 Å². The van der Waals surface area contributed by atoms with E-state index in [1.54, 1.807) is 30.3 Å². The molecule has 0 radical (unpaired) electrons. The Morgan fingerprint density at radius 3 is 2.39 bits per heavy atom. The van der Waals surface area contributed by atoms with Gasteiger partial charge in [0.25, 0.3) is 5.91 Å². The van der Waals surface area contributed by atoms with Gasteiger partial charge in [-0.05, 0) is 18.2 Å². The number of halogens is 4. The third-order valence-corrected chi connectivity index (χ3v) is 3.39. The summed E-state index contributed by atoms with van der Waals surface area (Å²) < 4.78 is 41.2. The predicted molar refractivity (Wildman–Crippen MR) is 80.4 cm³/mol. The first kappa shape index (κ1) is 17.1. The molecule has 2 rings (SSSR count). The topological polar surface area (TPSA) is 29.5 Å². The molecule has 0 aliphatic rings. The number of carbonyl (C=O) groups is 1. The highest BCUT2D eigenvalue weighted by Gasteiger charge is 2.32. The van der Waals surface area contributed by atoms with Crippen molar-refractivity contribution in [2.45, 2.75) is 12.9 Å². The zero-order chi connectivity index (χ0) is 17.0. The van der Waals surface area contributed by atoms with E-state index in [1.165, 1.54) is 30.1 Å². The van der Waals surface area contributed by atoms with Gasteiger partial charge in [-0.1, -0.05) is 41.9 Å². The molecule has 0 saturated heterocycles. The Morgan fingerprint density at radius 2 is 1.74 bits per heavy atom. The number of rotatable bonds is 4. The lowest BCUT2D eigenvalue weighted by molar-refractivity contribution is -0.274. The quantitative estimate of drug-likeness (QED) is 0.817. The summed E-state index contributed by atoms with van der Waals surface area (Å²) >= 11 is 5.96. The Bertz CT molecular complexity index is 704. The van der Waals surface area contributed by atoms with E-state index in [9.17, 15) is 18.0 Å². The highest BCUT2D eigenvalue weighted by Crippen LogP contribution is 2.27. The predicted octanol–water partition coefficient (Wildman–Crippen LogP) is 4.51. The maximum absolute atomic E-state index is 12.4. The smallest absolute Gasteiger partial charge is 0.405 e. The molecule has 0 aliphatic heterocycles. The minimum atomic E-state index is -4.79. The van der Waals surface area contributed by atoms with E-state index < -0.39 is 12.3 Å². The zero-order valence-electron chi connectivity index (χ0n) is 12.1. The summed E-state index contributed by atoms with van der Waals surface area (Å²) in [5.41, 5.74) is 0.526. The zero-order valence-corrected chi connectivity index (χ0v) is 12.9. The van der Waals surface area contributed by atoms with Crippen molar-refractivity contribution in [1.82, 2.24) is 4.90 Å². The normalized spacial score (nSPS) is 11.2. The molecule has 0 saturated carbocycles. The second kappa shape index (κ2) is 6.91. The van der Waals surface area contributed by atoms with E-state index in [4.69, 9.17) is 11.6 Å². The highest BCUT2D eigenvalue weighted by atomic mass is 35.5. The van der Waals surface area contributed by atoms with Gasteiger partial charge < -0.3 is 9.64 Å². The number of benzene rings is 2. The Kier molecular flexibility index (Phi) is 5.15. The first-order chi connectivity index (χ1) is 10.8. The van der Waals surface area contributed by atoms with E-state index in [-0.39, 0.29) is 28.4 Å². The van der Waals surface area contributed by atoms with Crippen LogP contribution in [0.25, 0.3) is 0 Å². The second-order valence-electron chi connectivity index (χ2n) is 4.80. The van der Waals surface area contributed by atoms with E-state index in [0.717, 1.165) is 0 Å². The number of para-hydroxylation sites is 1. The molecule has 122 valence electrons. The molecule has 0 N–H and O–H groups in total. The standard InChI is InChI=1S/C16H13ClF3NO2/c1-21(15(22)12-7-3-4-8-13(12)17)10-11-6-2-5-9-14(11)23-16(18,19)20/h2-9H,10H2,1H3. The van der Waals surface area contributed by atoms with Gasteiger partial charge in [0.1, 0.15) is 5.75 Å². The first-order valence-electron chi connectivity index (χ1n) is 6.61. The van der Waals surface area contributed by atoms with Crippen molar-refractivity contribution in [2.24, 2.45) is 0 Å². The summed E-state index contributed by atoms with van der Waals surface area (Å²) in [6.45, 7) is -0.0453. The molecule has 0 spiro atoms. The lowest BCUT2D eigenvalue weighted by Crippen LogP contribution is -2.27. The number of hydrogen-bond donors (Lipinski definition) is 0. The van der Waals surface area contributed by atoms with Crippen LogP contribution < -0.4 is 4.74 Å². The molecule has 0 aromatic heterocycles. The van der Waals surface area contributed by atoms with Crippen LogP contribution in [0.3, 0.4) is 0 Å². The van der Waals surface area contributed by atoms with Gasteiger partial charge >= 0.3 is 6.36 Å². The van der Waals surface area contributed by atoms with Crippen LogP contribution in [0.4, 0.5) is 13.2 Å². The van der Waals surface area contributed by atoms with Crippen LogP contribution in [0.5, 0.6) is 5.75 Å². The Balaban J connectivity index is 2.19. The fourth-order valence-corrected chi connectivity index (χ4v) is 2.24. The van der Waals surface area contributed by atoms with Gasteiger partial charge in [0.2, 0.25) is 0 Å². The van der Waals surface area contributed by atoms with E-state index in [1.807, 2.05) is 0 Å². The van der Waals surface area contributed by atoms with Gasteiger partial charge in [-0.2, -0.15) is 0 Å². The van der Waals surface area contributed by atoms with Crippen LogP contribution in [0.1, 0.15) is 15.9 Å². The Hall–Kier alpha value is -2.21. The molecular weight excluding hydrogens is 331 g/mol. The summed E-state index contributed by atoms with van der Waals surface area (Å²) in [5.74, 6) is -0.726. The SMILES string of the molecule is CN(Cc1ccccc1OC(F)(F)F)C(=O)c1ccccc1Cl. The van der Waals surface area contributed by atoms with Gasteiger partial charge in [0.05, 0.1) is 10.6 Å². The van der Waals surface area contributed by atoms with E-state index in [0.29, 0.717) is 0 Å². The van der Waals surface area contributed by atoms with Crippen LogP contribution in [0.2, 0.25) is 5.02 Å². The maximum atomic E-state index is 12.4. The molecule has 0 aliphatic carbocycles. The van der Waals surface area contributed by atoms with Crippen molar-refractivity contribution in [2.75, 3.05) is 7.05 Å². The second-order valence-corrected chi connectivity index (χ2v) is 5.20. The van der Waals surface area contributed by atoms with Crippen molar-refractivity contribution in [3.63, 3.8) is 0 Å². The molecular formula is C16H13ClF3NO2. The van der Waals surface area contributed by atoms with Gasteiger partial charge in [0, 0.05) is 19.2 Å². The van der Waals surface area contributed by atoms with Crippen LogP contribution in [0, 0.1) is 0 Å². The molecule has 0 heterocycles. The minimum absolute atomic E-state index is 0.0453. The fraction of sp³-hybridized carbons (Fsp3) is 0.188. The summed E-state index contributed by atoms with van der Waals surface area (Å²) in [7, 11) is 1.48. The Morgan fingerprint density at radius 1 is 1.13 bits per heavy atom. The molecule has 7 heteroatoms. The van der Waals surface area contributed by atoms with E-state index in [2.05, 4.69) is 4.74 Å². The number of amides is 1. The number of hydrogen-bond acceptors (Lipinski definition) is 2. The van der Waals surface area contributed by atoms with E-state index >= 15 is 0 Å². The lowest BCUT2D eigenvalue weighted by Gasteiger charge is -2.20. The van der Waals surface area contributed by atoms with Crippen LogP contribution in [0.15, 0.2) is 48.5 Å². The highest BCUT2D eigenvalue weighted by molar-refractivity contribution is 6.33. The molecule has 23 heavy (non-hydrogen) atoms. The van der Waals surface area contributed by atoms with Crippen molar-refractivity contribution in [1.29, 1.82) is 0 Å². The average Bonchev–Trinajstić information content (AvgIpc) is 2.47. The molecule has 2 aromatic carbocycles. The number of nitrogens with zero attached hydrogens (tertiary/aromatic N) is 1. The van der Waals surface area contributed by atoms with Crippen molar-refractivity contribution in [3.05, 3.63) is 64.7 Å². The monoisotopic (exact) mass is 343 g/mol. The van der Waals surface area contributed by atoms with Crippen LogP contribution in [-0.4, -0.2) is 24.2 Å². The van der Waals surface area contributed by atoms with Crippen molar-refractivity contribution >= 4 is 17.5 Å². The van der Waals surface area contributed by atoms with Gasteiger partial charge in [0.15, 0.2) is 0 Å². The molecule has 2 aromatic rings. The molecule has 0 fully saturated rings. The summed E-state index contributed by atoms with van der Waals surface area (Å²) in [6.07, 6.45) is -4.79. The van der Waals surface area contributed by atoms with Gasteiger partial charge in [-0.15, -0.1) is 13.2 Å². The van der Waals surface area contributed by atoms with Crippen molar-refractivity contribution < 1.29 is 22.7 Å². The van der Waals surface area contributed by atoms with Crippen molar-refractivity contribution in [3.8, 4) is 5.75 Å². The molecule has 0 unspecified atom stereocenters. The molecule has 1 amide bonds. The van der Waals surface area contributed by atoms with Gasteiger partial charge in [-0.3, -0.25) is 4.79 Å². The maximum Gasteiger partial charge on any atom is 0.573 e. The van der Waals surface area contributed by atoms with Crippen LogP contribution >= 0.6 is 11.6 Å². The number of carbonyl (C=O) groups excluding carboxylic acids is 1. The minimum Gasteiger partial charge on any atom is -0.405 e. The Labute approximate surface area is 136 Å². The largest absolute Gasteiger partial charge is 0.573 e. The molecule has 3 nitrogen and oxygen atoms in total. The molecule has 0 bridgehead atoms. The van der Waals surface area contributed by atoms with Gasteiger partial charge in [-0.25, -0.2) is 0 Å². The number of alkyl halides is 3. The lowest BCUT2D eigenvalue weighted by atomic mass is 10.1.